The largest absolute Gasteiger partial charge is 0.297 e. The van der Waals surface area contributed by atoms with Crippen molar-refractivity contribution >= 4 is 23.4 Å². The average molecular weight is 272 g/mol. The first-order chi connectivity index (χ1) is 8.31. The maximum Gasteiger partial charge on any atom is 0.225 e. The molecule has 1 aromatic heterocycles. The summed E-state index contributed by atoms with van der Waals surface area (Å²) in [6.07, 6.45) is 6.36. The average Bonchev–Trinajstić information content (AvgIpc) is 2.95. The summed E-state index contributed by atoms with van der Waals surface area (Å²) in [5.74, 6) is 2.95. The van der Waals surface area contributed by atoms with Crippen LogP contribution in [0.4, 0.5) is 0 Å². The Balaban J connectivity index is 1.88. The van der Waals surface area contributed by atoms with Crippen molar-refractivity contribution in [2.45, 2.75) is 56.2 Å². The van der Waals surface area contributed by atoms with E-state index in [-0.39, 0.29) is 0 Å². The minimum Gasteiger partial charge on any atom is -0.297 e. The minimum atomic E-state index is 0.526. The van der Waals surface area contributed by atoms with Crippen molar-refractivity contribution in [1.82, 2.24) is 14.8 Å². The van der Waals surface area contributed by atoms with Crippen LogP contribution in [0.25, 0.3) is 0 Å². The van der Waals surface area contributed by atoms with Gasteiger partial charge in [-0.2, -0.15) is 11.8 Å². The van der Waals surface area contributed by atoms with E-state index in [0.29, 0.717) is 22.5 Å². The Kier molecular flexibility index (Phi) is 3.35. The summed E-state index contributed by atoms with van der Waals surface area (Å²) in [6.45, 7) is 2.23. The molecular formula is C12H18ClN3S. The molecule has 2 aliphatic rings. The standard InChI is InChI=1S/C12H18ClN3S/c1-2-17-10-5-3-4-9(10)16-11(8-6-7-8)14-15-12(16)13/h8-10H,2-7H2,1H3. The first-order valence-electron chi connectivity index (χ1n) is 6.53. The molecule has 0 spiro atoms. The molecule has 5 heteroatoms. The van der Waals surface area contributed by atoms with Gasteiger partial charge >= 0.3 is 0 Å². The highest BCUT2D eigenvalue weighted by atomic mass is 35.5. The molecule has 2 atom stereocenters. The van der Waals surface area contributed by atoms with E-state index in [2.05, 4.69) is 33.5 Å². The second-order valence-corrected chi connectivity index (χ2v) is 6.82. The zero-order chi connectivity index (χ0) is 11.8. The fourth-order valence-corrected chi connectivity index (χ4v) is 4.31. The van der Waals surface area contributed by atoms with Crippen LogP contribution in [0.3, 0.4) is 0 Å². The van der Waals surface area contributed by atoms with Crippen molar-refractivity contribution in [3.05, 3.63) is 11.1 Å². The molecule has 94 valence electrons. The smallest absolute Gasteiger partial charge is 0.225 e. The second kappa shape index (κ2) is 4.81. The van der Waals surface area contributed by atoms with Crippen molar-refractivity contribution in [3.8, 4) is 0 Å². The Morgan fingerprint density at radius 3 is 2.82 bits per heavy atom. The van der Waals surface area contributed by atoms with Gasteiger partial charge in [-0.15, -0.1) is 10.2 Å². The van der Waals surface area contributed by atoms with Gasteiger partial charge in [0.05, 0.1) is 0 Å². The lowest BCUT2D eigenvalue weighted by molar-refractivity contribution is 0.506. The van der Waals surface area contributed by atoms with Gasteiger partial charge in [0, 0.05) is 17.2 Å². The van der Waals surface area contributed by atoms with Crippen molar-refractivity contribution in [1.29, 1.82) is 0 Å². The van der Waals surface area contributed by atoms with Crippen molar-refractivity contribution in [2.24, 2.45) is 0 Å². The predicted octanol–water partition coefficient (Wildman–Crippen LogP) is 3.66. The van der Waals surface area contributed by atoms with Crippen LogP contribution in [0, 0.1) is 0 Å². The fourth-order valence-electron chi connectivity index (χ4n) is 2.82. The summed E-state index contributed by atoms with van der Waals surface area (Å²) in [5.41, 5.74) is 0. The van der Waals surface area contributed by atoms with Crippen LogP contribution in [0.1, 0.15) is 56.8 Å². The molecule has 3 rings (SSSR count). The highest BCUT2D eigenvalue weighted by molar-refractivity contribution is 7.99. The van der Waals surface area contributed by atoms with Crippen LogP contribution in [-0.4, -0.2) is 25.8 Å². The summed E-state index contributed by atoms with van der Waals surface area (Å²) in [5, 5.41) is 9.67. The van der Waals surface area contributed by atoms with E-state index in [4.69, 9.17) is 11.6 Å². The quantitative estimate of drug-likeness (QED) is 0.837. The van der Waals surface area contributed by atoms with E-state index < -0.39 is 0 Å². The van der Waals surface area contributed by atoms with Crippen LogP contribution in [0.15, 0.2) is 0 Å². The van der Waals surface area contributed by atoms with Crippen molar-refractivity contribution < 1.29 is 0 Å². The van der Waals surface area contributed by atoms with E-state index in [1.165, 1.54) is 37.9 Å². The SMILES string of the molecule is CCSC1CCCC1n1c(Cl)nnc1C1CC1. The molecule has 0 bridgehead atoms. The van der Waals surface area contributed by atoms with Crippen LogP contribution in [0.2, 0.25) is 5.28 Å². The molecule has 17 heavy (non-hydrogen) atoms. The molecule has 2 saturated carbocycles. The normalized spacial score (nSPS) is 28.8. The van der Waals surface area contributed by atoms with Gasteiger partial charge in [-0.05, 0) is 43.0 Å². The summed E-state index contributed by atoms with van der Waals surface area (Å²) in [7, 11) is 0. The van der Waals surface area contributed by atoms with Gasteiger partial charge in [-0.3, -0.25) is 4.57 Å². The van der Waals surface area contributed by atoms with E-state index in [0.717, 1.165) is 5.82 Å². The molecule has 3 nitrogen and oxygen atoms in total. The highest BCUT2D eigenvalue weighted by Gasteiger charge is 2.36. The third-order valence-corrected chi connectivity index (χ3v) is 5.32. The lowest BCUT2D eigenvalue weighted by Gasteiger charge is -2.22. The Morgan fingerprint density at radius 1 is 1.29 bits per heavy atom. The van der Waals surface area contributed by atoms with Gasteiger partial charge in [0.15, 0.2) is 0 Å². The first kappa shape index (κ1) is 11.8. The molecule has 0 aliphatic heterocycles. The van der Waals surface area contributed by atoms with Crippen LogP contribution < -0.4 is 0 Å². The summed E-state index contributed by atoms with van der Waals surface area (Å²) >= 11 is 8.30. The molecule has 1 aromatic rings. The Labute approximate surface area is 111 Å². The molecule has 0 saturated heterocycles. The molecule has 2 aliphatic carbocycles. The molecule has 2 fully saturated rings. The molecular weight excluding hydrogens is 254 g/mol. The van der Waals surface area contributed by atoms with Gasteiger partial charge < -0.3 is 0 Å². The van der Waals surface area contributed by atoms with Crippen LogP contribution in [0.5, 0.6) is 0 Å². The number of rotatable bonds is 4. The Hall–Kier alpha value is -0.220. The molecule has 0 aromatic carbocycles. The summed E-state index contributed by atoms with van der Waals surface area (Å²) in [4.78, 5) is 0. The molecule has 0 N–H and O–H groups in total. The number of hydrogen-bond donors (Lipinski definition) is 0. The van der Waals surface area contributed by atoms with Crippen molar-refractivity contribution in [2.75, 3.05) is 5.75 Å². The van der Waals surface area contributed by atoms with Crippen molar-refractivity contribution in [3.63, 3.8) is 0 Å². The third-order valence-electron chi connectivity index (χ3n) is 3.75. The lowest BCUT2D eigenvalue weighted by atomic mass is 10.2. The topological polar surface area (TPSA) is 30.7 Å². The Bertz CT molecular complexity index is 402. The second-order valence-electron chi connectivity index (χ2n) is 4.96. The number of thioether (sulfide) groups is 1. The summed E-state index contributed by atoms with van der Waals surface area (Å²) in [6, 6.07) is 0.526. The number of hydrogen-bond acceptors (Lipinski definition) is 3. The first-order valence-corrected chi connectivity index (χ1v) is 7.95. The number of nitrogens with zero attached hydrogens (tertiary/aromatic N) is 3. The summed E-state index contributed by atoms with van der Waals surface area (Å²) < 4.78 is 2.24. The van der Waals surface area contributed by atoms with Gasteiger partial charge in [0.2, 0.25) is 5.28 Å². The predicted molar refractivity (Wildman–Crippen MR) is 71.8 cm³/mol. The van der Waals surface area contributed by atoms with Gasteiger partial charge in [-0.25, -0.2) is 0 Å². The number of aromatic nitrogens is 3. The third kappa shape index (κ3) is 2.22. The zero-order valence-corrected chi connectivity index (χ0v) is 11.7. The minimum absolute atomic E-state index is 0.526. The monoisotopic (exact) mass is 271 g/mol. The molecule has 0 radical (unpaired) electrons. The van der Waals surface area contributed by atoms with E-state index >= 15 is 0 Å². The zero-order valence-electron chi connectivity index (χ0n) is 10.1. The van der Waals surface area contributed by atoms with Gasteiger partial charge in [-0.1, -0.05) is 13.3 Å². The maximum atomic E-state index is 6.24. The maximum absolute atomic E-state index is 6.24. The molecule has 2 unspecified atom stereocenters. The van der Waals surface area contributed by atoms with E-state index in [1.54, 1.807) is 0 Å². The highest BCUT2D eigenvalue weighted by Crippen LogP contribution is 2.45. The fraction of sp³-hybridized carbons (Fsp3) is 0.833. The van der Waals surface area contributed by atoms with E-state index in [1.807, 2.05) is 0 Å². The Morgan fingerprint density at radius 2 is 2.12 bits per heavy atom. The molecule has 1 heterocycles. The molecule has 0 amide bonds. The van der Waals surface area contributed by atoms with E-state index in [9.17, 15) is 0 Å². The number of halogens is 1. The van der Waals surface area contributed by atoms with Gasteiger partial charge in [0.25, 0.3) is 0 Å². The van der Waals surface area contributed by atoms with Crippen LogP contribution >= 0.6 is 23.4 Å². The lowest BCUT2D eigenvalue weighted by Crippen LogP contribution is -2.18. The van der Waals surface area contributed by atoms with Crippen LogP contribution in [-0.2, 0) is 0 Å². The van der Waals surface area contributed by atoms with Gasteiger partial charge in [0.1, 0.15) is 5.82 Å².